The third-order valence-corrected chi connectivity index (χ3v) is 8.50. The summed E-state index contributed by atoms with van der Waals surface area (Å²) >= 11 is 0. The minimum atomic E-state index is -4.23. The molecule has 0 bridgehead atoms. The van der Waals surface area contributed by atoms with Crippen LogP contribution in [0.5, 0.6) is 11.5 Å². The molecule has 10 heteroatoms. The van der Waals surface area contributed by atoms with Gasteiger partial charge in [0.25, 0.3) is 15.9 Å². The van der Waals surface area contributed by atoms with E-state index in [4.69, 9.17) is 14.5 Å². The number of rotatable bonds is 11. The first-order valence-corrected chi connectivity index (χ1v) is 14.3. The van der Waals surface area contributed by atoms with E-state index in [0.717, 1.165) is 9.87 Å². The van der Waals surface area contributed by atoms with Crippen LogP contribution in [0.1, 0.15) is 41.6 Å². The van der Waals surface area contributed by atoms with Crippen LogP contribution in [-0.2, 0) is 19.6 Å². The molecular weight excluding hydrogens is 532 g/mol. The number of fused-ring (bicyclic) bond motifs is 2. The van der Waals surface area contributed by atoms with Crippen molar-refractivity contribution in [3.8, 4) is 11.5 Å². The van der Waals surface area contributed by atoms with Crippen molar-refractivity contribution in [1.29, 1.82) is 0 Å². The van der Waals surface area contributed by atoms with E-state index in [1.165, 1.54) is 33.5 Å². The van der Waals surface area contributed by atoms with Gasteiger partial charge in [-0.15, -0.1) is 0 Å². The summed E-state index contributed by atoms with van der Waals surface area (Å²) in [5.74, 6) is -0.0204. The fraction of sp³-hybridized carbons (Fsp3) is 0.300. The number of sulfonamides is 1. The monoisotopic (exact) mass is 564 g/mol. The number of unbranched alkanes of at least 4 members (excludes halogenated alkanes) is 2. The molecule has 0 atom stereocenters. The molecule has 0 aliphatic heterocycles. The molecule has 9 nitrogen and oxygen atoms in total. The van der Waals surface area contributed by atoms with Crippen LogP contribution < -0.4 is 9.47 Å². The quantitative estimate of drug-likeness (QED) is 0.137. The molecule has 4 rings (SSSR count). The second-order valence-electron chi connectivity index (χ2n) is 9.34. The zero-order valence-corrected chi connectivity index (χ0v) is 23.8. The molecule has 0 radical (unpaired) electrons. The predicted octanol–water partition coefficient (Wildman–Crippen LogP) is 5.28. The van der Waals surface area contributed by atoms with Crippen molar-refractivity contribution in [2.75, 3.05) is 27.9 Å². The average Bonchev–Trinajstić information content (AvgIpc) is 2.96. The third kappa shape index (κ3) is 6.02. The molecule has 0 aliphatic rings. The zero-order valence-electron chi connectivity index (χ0n) is 23.0. The van der Waals surface area contributed by atoms with E-state index in [9.17, 15) is 18.0 Å². The zero-order chi connectivity index (χ0) is 28.9. The summed E-state index contributed by atoms with van der Waals surface area (Å²) in [6.07, 6.45) is 1.62. The number of methoxy groups -OCH3 is 3. The van der Waals surface area contributed by atoms with E-state index >= 15 is 0 Å². The molecule has 40 heavy (non-hydrogen) atoms. The molecule has 1 amide bonds. The van der Waals surface area contributed by atoms with Crippen molar-refractivity contribution in [3.63, 3.8) is 0 Å². The van der Waals surface area contributed by atoms with Crippen LogP contribution in [-0.4, -0.2) is 57.5 Å². The van der Waals surface area contributed by atoms with Gasteiger partial charge in [0.2, 0.25) is 0 Å². The lowest BCUT2D eigenvalue weighted by Crippen LogP contribution is -2.38. The van der Waals surface area contributed by atoms with E-state index in [1.807, 2.05) is 6.92 Å². The van der Waals surface area contributed by atoms with E-state index < -0.39 is 15.9 Å². The number of hydrogen-bond acceptors (Lipinski definition) is 8. The minimum Gasteiger partial charge on any atom is -0.497 e. The Labute approximate surface area is 233 Å². The van der Waals surface area contributed by atoms with Crippen LogP contribution in [0, 0.1) is 6.92 Å². The number of benzene rings is 3. The van der Waals surface area contributed by atoms with Gasteiger partial charge in [0.05, 0.1) is 42.8 Å². The number of pyridine rings is 1. The number of aromatic nitrogens is 1. The molecule has 3 aromatic carbocycles. The standard InChI is InChI=1S/C30H32N2O7S/c1-20-9-13-23(14-10-20)40(35,36)32(17-7-5-6-8-28(33)39-4)30(34)29-24-18-21(37-2)11-15-26(24)31-27-16-12-22(38-3)19-25(27)29/h9-16,18-19H,5-8,17H2,1-4H3. The van der Waals surface area contributed by atoms with Crippen molar-refractivity contribution >= 4 is 43.7 Å². The maximum Gasteiger partial charge on any atom is 0.305 e. The van der Waals surface area contributed by atoms with Crippen molar-refractivity contribution in [1.82, 2.24) is 9.29 Å². The molecule has 0 spiro atoms. The SMILES string of the molecule is COC(=O)CCCCCN(C(=O)c1c2cc(OC)ccc2nc2ccc(OC)cc12)S(=O)(=O)c1ccc(C)cc1. The Morgan fingerprint density at radius 3 is 1.90 bits per heavy atom. The number of carbonyl (C=O) groups excluding carboxylic acids is 2. The molecule has 0 unspecified atom stereocenters. The molecule has 1 aromatic heterocycles. The van der Waals surface area contributed by atoms with Crippen molar-refractivity contribution in [3.05, 3.63) is 71.8 Å². The first kappa shape index (κ1) is 28.8. The molecule has 0 saturated heterocycles. The number of carbonyl (C=O) groups is 2. The number of amides is 1. The Bertz CT molecular complexity index is 1590. The number of nitrogens with zero attached hydrogens (tertiary/aromatic N) is 2. The van der Waals surface area contributed by atoms with Gasteiger partial charge in [0.1, 0.15) is 11.5 Å². The lowest BCUT2D eigenvalue weighted by atomic mass is 10.0. The highest BCUT2D eigenvalue weighted by molar-refractivity contribution is 7.89. The highest BCUT2D eigenvalue weighted by atomic mass is 32.2. The molecule has 1 heterocycles. The highest BCUT2D eigenvalue weighted by Gasteiger charge is 2.32. The fourth-order valence-electron chi connectivity index (χ4n) is 4.48. The normalized spacial score (nSPS) is 11.4. The largest absolute Gasteiger partial charge is 0.497 e. The van der Waals surface area contributed by atoms with Crippen LogP contribution in [0.2, 0.25) is 0 Å². The van der Waals surface area contributed by atoms with Gasteiger partial charge in [0, 0.05) is 23.7 Å². The summed E-state index contributed by atoms with van der Waals surface area (Å²) in [4.78, 5) is 30.7. The molecule has 4 aromatic rings. The summed E-state index contributed by atoms with van der Waals surface area (Å²) in [7, 11) is 0.124. The van der Waals surface area contributed by atoms with Gasteiger partial charge in [-0.1, -0.05) is 24.1 Å². The molecular formula is C30H32N2O7S. The van der Waals surface area contributed by atoms with Crippen LogP contribution in [0.4, 0.5) is 0 Å². The molecule has 0 aliphatic carbocycles. The highest BCUT2D eigenvalue weighted by Crippen LogP contribution is 2.33. The first-order chi connectivity index (χ1) is 19.2. The Balaban J connectivity index is 1.86. The maximum atomic E-state index is 14.4. The van der Waals surface area contributed by atoms with Gasteiger partial charge < -0.3 is 14.2 Å². The molecule has 0 fully saturated rings. The second-order valence-corrected chi connectivity index (χ2v) is 11.2. The maximum absolute atomic E-state index is 14.4. The lowest BCUT2D eigenvalue weighted by molar-refractivity contribution is -0.140. The summed E-state index contributed by atoms with van der Waals surface area (Å²) in [5.41, 5.74) is 2.12. The molecule has 210 valence electrons. The smallest absolute Gasteiger partial charge is 0.305 e. The predicted molar refractivity (Wildman–Crippen MR) is 152 cm³/mol. The molecule has 0 N–H and O–H groups in total. The lowest BCUT2D eigenvalue weighted by Gasteiger charge is -2.24. The third-order valence-electron chi connectivity index (χ3n) is 6.71. The van der Waals surface area contributed by atoms with Crippen LogP contribution in [0.25, 0.3) is 21.8 Å². The van der Waals surface area contributed by atoms with Gasteiger partial charge in [-0.25, -0.2) is 17.7 Å². The summed E-state index contributed by atoms with van der Waals surface area (Å²) in [6.45, 7) is 1.78. The Kier molecular flexibility index (Phi) is 8.89. The van der Waals surface area contributed by atoms with Gasteiger partial charge in [-0.05, 0) is 68.3 Å². The Hall–Kier alpha value is -4.18. The minimum absolute atomic E-state index is 0.0128. The second kappa shape index (κ2) is 12.3. The van der Waals surface area contributed by atoms with Gasteiger partial charge in [0.15, 0.2) is 0 Å². The average molecular weight is 565 g/mol. The van der Waals surface area contributed by atoms with E-state index in [0.29, 0.717) is 52.6 Å². The number of aryl methyl sites for hydroxylation is 1. The van der Waals surface area contributed by atoms with E-state index in [1.54, 1.807) is 48.5 Å². The van der Waals surface area contributed by atoms with E-state index in [-0.39, 0.29) is 29.4 Å². The van der Waals surface area contributed by atoms with Crippen LogP contribution in [0.3, 0.4) is 0 Å². The topological polar surface area (TPSA) is 112 Å². The summed E-state index contributed by atoms with van der Waals surface area (Å²) in [6, 6.07) is 16.7. The number of hydrogen-bond donors (Lipinski definition) is 0. The van der Waals surface area contributed by atoms with Crippen molar-refractivity contribution in [2.24, 2.45) is 0 Å². The van der Waals surface area contributed by atoms with Crippen LogP contribution in [0.15, 0.2) is 65.6 Å². The van der Waals surface area contributed by atoms with Crippen molar-refractivity contribution < 1.29 is 32.2 Å². The fourth-order valence-corrected chi connectivity index (χ4v) is 5.90. The van der Waals surface area contributed by atoms with Crippen LogP contribution >= 0.6 is 0 Å². The summed E-state index contributed by atoms with van der Waals surface area (Å²) in [5, 5.41) is 0.916. The number of esters is 1. The Morgan fingerprint density at radius 2 is 1.38 bits per heavy atom. The van der Waals surface area contributed by atoms with E-state index in [2.05, 4.69) is 4.74 Å². The van der Waals surface area contributed by atoms with Gasteiger partial charge in [-0.2, -0.15) is 0 Å². The summed E-state index contributed by atoms with van der Waals surface area (Å²) < 4.78 is 44.3. The first-order valence-electron chi connectivity index (χ1n) is 12.9. The number of ether oxygens (including phenoxy) is 3. The Morgan fingerprint density at radius 1 is 0.800 bits per heavy atom. The van der Waals surface area contributed by atoms with Gasteiger partial charge in [-0.3, -0.25) is 9.59 Å². The van der Waals surface area contributed by atoms with Gasteiger partial charge >= 0.3 is 5.97 Å². The van der Waals surface area contributed by atoms with Crippen molar-refractivity contribution in [2.45, 2.75) is 37.5 Å². The molecule has 0 saturated carbocycles.